The summed E-state index contributed by atoms with van der Waals surface area (Å²) < 4.78 is 1.65. The summed E-state index contributed by atoms with van der Waals surface area (Å²) >= 11 is 0. The molecule has 0 saturated carbocycles. The van der Waals surface area contributed by atoms with Crippen LogP contribution in [0.2, 0.25) is 0 Å². The van der Waals surface area contributed by atoms with E-state index in [-0.39, 0.29) is 5.56 Å². The van der Waals surface area contributed by atoms with Crippen LogP contribution in [0.4, 0.5) is 5.69 Å². The van der Waals surface area contributed by atoms with Gasteiger partial charge in [0, 0.05) is 25.0 Å². The summed E-state index contributed by atoms with van der Waals surface area (Å²) in [5, 5.41) is 0.593. The van der Waals surface area contributed by atoms with Gasteiger partial charge in [-0.05, 0) is 62.4 Å². The van der Waals surface area contributed by atoms with Crippen LogP contribution in [0, 0.1) is 0 Å². The molecule has 2 heterocycles. The van der Waals surface area contributed by atoms with E-state index >= 15 is 0 Å². The molecular formula is C23H22N4O. The average Bonchev–Trinajstić information content (AvgIpc) is 2.76. The second kappa shape index (κ2) is 7.64. The van der Waals surface area contributed by atoms with E-state index in [0.29, 0.717) is 22.4 Å². The summed E-state index contributed by atoms with van der Waals surface area (Å²) in [5.41, 5.74) is 3.15. The van der Waals surface area contributed by atoms with E-state index in [1.165, 1.54) is 0 Å². The topological polar surface area (TPSA) is 51.0 Å². The first-order chi connectivity index (χ1) is 13.7. The summed E-state index contributed by atoms with van der Waals surface area (Å²) in [6.07, 6.45) is 1.71. The van der Waals surface area contributed by atoms with Crippen molar-refractivity contribution in [3.05, 3.63) is 83.3 Å². The molecule has 0 saturated heterocycles. The van der Waals surface area contributed by atoms with Gasteiger partial charge >= 0.3 is 0 Å². The zero-order valence-corrected chi connectivity index (χ0v) is 16.0. The number of pyridine rings is 1. The SMILES string of the molecule is CCN(CC)c1ccc(-n2c(-c3ccccn3)nc3ccccc3c2=O)cc1. The first-order valence-corrected chi connectivity index (χ1v) is 9.51. The van der Waals surface area contributed by atoms with Crippen molar-refractivity contribution in [2.75, 3.05) is 18.0 Å². The van der Waals surface area contributed by atoms with Crippen molar-refractivity contribution >= 4 is 16.6 Å². The Bertz CT molecular complexity index is 1150. The van der Waals surface area contributed by atoms with Crippen molar-refractivity contribution in [1.82, 2.24) is 14.5 Å². The first-order valence-electron chi connectivity index (χ1n) is 9.51. The molecule has 0 radical (unpaired) electrons. The number of para-hydroxylation sites is 1. The lowest BCUT2D eigenvalue weighted by Gasteiger charge is -2.21. The Morgan fingerprint density at radius 3 is 2.29 bits per heavy atom. The molecule has 0 bridgehead atoms. The van der Waals surface area contributed by atoms with E-state index in [1.54, 1.807) is 10.8 Å². The summed E-state index contributed by atoms with van der Waals surface area (Å²) in [5.74, 6) is 0.542. The summed E-state index contributed by atoms with van der Waals surface area (Å²) in [6.45, 7) is 6.14. The molecule has 4 aromatic rings. The van der Waals surface area contributed by atoms with Gasteiger partial charge in [0.15, 0.2) is 5.82 Å². The summed E-state index contributed by atoms with van der Waals surface area (Å²) in [7, 11) is 0. The molecule has 140 valence electrons. The fraction of sp³-hybridized carbons (Fsp3) is 0.174. The highest BCUT2D eigenvalue weighted by molar-refractivity contribution is 5.80. The van der Waals surface area contributed by atoms with E-state index in [1.807, 2.05) is 66.7 Å². The van der Waals surface area contributed by atoms with Gasteiger partial charge in [0.1, 0.15) is 5.69 Å². The molecule has 28 heavy (non-hydrogen) atoms. The van der Waals surface area contributed by atoms with E-state index in [4.69, 9.17) is 4.98 Å². The lowest BCUT2D eigenvalue weighted by molar-refractivity contribution is 0.865. The van der Waals surface area contributed by atoms with Crippen LogP contribution in [-0.2, 0) is 0 Å². The van der Waals surface area contributed by atoms with Crippen molar-refractivity contribution in [1.29, 1.82) is 0 Å². The fourth-order valence-corrected chi connectivity index (χ4v) is 3.44. The molecular weight excluding hydrogens is 348 g/mol. The minimum atomic E-state index is -0.0955. The summed E-state index contributed by atoms with van der Waals surface area (Å²) in [4.78, 5) is 24.8. The second-order valence-electron chi connectivity index (χ2n) is 6.50. The van der Waals surface area contributed by atoms with E-state index in [0.717, 1.165) is 24.5 Å². The largest absolute Gasteiger partial charge is 0.372 e. The molecule has 4 rings (SSSR count). The van der Waals surface area contributed by atoms with Gasteiger partial charge in [-0.2, -0.15) is 0 Å². The Kier molecular flexibility index (Phi) is 4.89. The number of benzene rings is 2. The van der Waals surface area contributed by atoms with Crippen LogP contribution in [0.25, 0.3) is 28.1 Å². The molecule has 0 unspecified atom stereocenters. The highest BCUT2D eigenvalue weighted by Gasteiger charge is 2.15. The Morgan fingerprint density at radius 1 is 0.893 bits per heavy atom. The molecule has 0 atom stereocenters. The molecule has 0 spiro atoms. The highest BCUT2D eigenvalue weighted by Crippen LogP contribution is 2.22. The van der Waals surface area contributed by atoms with Crippen LogP contribution in [-0.4, -0.2) is 27.6 Å². The van der Waals surface area contributed by atoms with E-state index in [9.17, 15) is 4.79 Å². The first kappa shape index (κ1) is 17.9. The quantitative estimate of drug-likeness (QED) is 0.526. The number of hydrogen-bond acceptors (Lipinski definition) is 4. The lowest BCUT2D eigenvalue weighted by Crippen LogP contribution is -2.23. The number of anilines is 1. The van der Waals surface area contributed by atoms with Gasteiger partial charge in [0.05, 0.1) is 16.6 Å². The Morgan fingerprint density at radius 2 is 1.61 bits per heavy atom. The van der Waals surface area contributed by atoms with Crippen molar-refractivity contribution in [2.45, 2.75) is 13.8 Å². The van der Waals surface area contributed by atoms with Crippen molar-refractivity contribution in [3.63, 3.8) is 0 Å². The zero-order chi connectivity index (χ0) is 19.5. The number of nitrogens with zero attached hydrogens (tertiary/aromatic N) is 4. The number of hydrogen-bond donors (Lipinski definition) is 0. The smallest absolute Gasteiger partial charge is 0.266 e. The standard InChI is InChI=1S/C23H22N4O/c1-3-26(4-2)17-12-14-18(15-13-17)27-22(21-11-7-8-16-24-21)25-20-10-6-5-9-19(20)23(27)28/h5-16H,3-4H2,1-2H3. The molecule has 0 amide bonds. The molecule has 0 aliphatic heterocycles. The Balaban J connectivity index is 1.95. The van der Waals surface area contributed by atoms with Crippen molar-refractivity contribution in [2.24, 2.45) is 0 Å². The van der Waals surface area contributed by atoms with Crippen molar-refractivity contribution in [3.8, 4) is 17.2 Å². The number of rotatable bonds is 5. The van der Waals surface area contributed by atoms with Gasteiger partial charge in [0.2, 0.25) is 0 Å². The maximum atomic E-state index is 13.3. The molecule has 0 fully saturated rings. The van der Waals surface area contributed by atoms with Crippen molar-refractivity contribution < 1.29 is 0 Å². The molecule has 5 nitrogen and oxygen atoms in total. The second-order valence-corrected chi connectivity index (χ2v) is 6.50. The van der Waals surface area contributed by atoms with Gasteiger partial charge < -0.3 is 4.90 Å². The third-order valence-corrected chi connectivity index (χ3v) is 4.91. The van der Waals surface area contributed by atoms with Gasteiger partial charge in [-0.25, -0.2) is 4.98 Å². The molecule has 5 heteroatoms. The predicted molar refractivity (Wildman–Crippen MR) is 114 cm³/mol. The van der Waals surface area contributed by atoms with Crippen LogP contribution in [0.5, 0.6) is 0 Å². The van der Waals surface area contributed by atoms with Gasteiger partial charge in [0.25, 0.3) is 5.56 Å². The Hall–Kier alpha value is -3.47. The number of fused-ring (bicyclic) bond motifs is 1. The normalized spacial score (nSPS) is 10.9. The molecule has 0 N–H and O–H groups in total. The monoisotopic (exact) mass is 370 g/mol. The maximum Gasteiger partial charge on any atom is 0.266 e. The van der Waals surface area contributed by atoms with Crippen LogP contribution in [0.3, 0.4) is 0 Å². The molecule has 0 aliphatic rings. The van der Waals surface area contributed by atoms with Crippen LogP contribution in [0.15, 0.2) is 77.7 Å². The summed E-state index contributed by atoms with van der Waals surface area (Å²) in [6, 6.07) is 21.1. The number of aromatic nitrogens is 3. The third-order valence-electron chi connectivity index (χ3n) is 4.91. The molecule has 0 aliphatic carbocycles. The highest BCUT2D eigenvalue weighted by atomic mass is 16.1. The lowest BCUT2D eigenvalue weighted by atomic mass is 10.2. The van der Waals surface area contributed by atoms with E-state index in [2.05, 4.69) is 23.7 Å². The zero-order valence-electron chi connectivity index (χ0n) is 16.0. The van der Waals surface area contributed by atoms with Crippen LogP contribution in [0.1, 0.15) is 13.8 Å². The van der Waals surface area contributed by atoms with E-state index < -0.39 is 0 Å². The minimum Gasteiger partial charge on any atom is -0.372 e. The van der Waals surface area contributed by atoms with Gasteiger partial charge in [-0.15, -0.1) is 0 Å². The maximum absolute atomic E-state index is 13.3. The van der Waals surface area contributed by atoms with Gasteiger partial charge in [-0.3, -0.25) is 14.3 Å². The predicted octanol–water partition coefficient (Wildman–Crippen LogP) is 4.29. The third kappa shape index (κ3) is 3.16. The van der Waals surface area contributed by atoms with Crippen LogP contribution >= 0.6 is 0 Å². The average molecular weight is 370 g/mol. The fourth-order valence-electron chi connectivity index (χ4n) is 3.44. The van der Waals surface area contributed by atoms with Gasteiger partial charge in [-0.1, -0.05) is 18.2 Å². The minimum absolute atomic E-state index is 0.0955. The molecule has 2 aromatic heterocycles. The molecule has 2 aromatic carbocycles. The Labute approximate surface area is 163 Å². The van der Waals surface area contributed by atoms with Crippen LogP contribution < -0.4 is 10.5 Å².